The summed E-state index contributed by atoms with van der Waals surface area (Å²) in [6.07, 6.45) is 6.58. The average molecular weight is 143 g/mol. The Labute approximate surface area is 65.0 Å². The predicted octanol–water partition coefficient (Wildman–Crippen LogP) is 2.55. The van der Waals surface area contributed by atoms with Gasteiger partial charge >= 0.3 is 0 Å². The molecule has 0 radical (unpaired) electrons. The van der Waals surface area contributed by atoms with Gasteiger partial charge in [0, 0.05) is 0 Å². The zero-order valence-electron chi connectivity index (χ0n) is 7.40. The first-order valence-electron chi connectivity index (χ1n) is 4.55. The number of rotatable bonds is 6. The van der Waals surface area contributed by atoms with Crippen LogP contribution in [0.2, 0.25) is 0 Å². The maximum atomic E-state index is 5.43. The lowest BCUT2D eigenvalue weighted by Crippen LogP contribution is -2.04. The first-order chi connectivity index (χ1) is 4.85. The fraction of sp³-hybridized carbons (Fsp3) is 1.00. The fourth-order valence-corrected chi connectivity index (χ4v) is 1.37. The first kappa shape index (κ1) is 9.96. The Balaban J connectivity index is 3.21. The third-order valence-corrected chi connectivity index (χ3v) is 2.09. The Morgan fingerprint density at radius 2 is 1.90 bits per heavy atom. The van der Waals surface area contributed by atoms with Crippen molar-refractivity contribution < 1.29 is 0 Å². The third kappa shape index (κ3) is 4.80. The van der Waals surface area contributed by atoms with Crippen molar-refractivity contribution in [2.75, 3.05) is 6.54 Å². The second-order valence-electron chi connectivity index (χ2n) is 2.99. The minimum absolute atomic E-state index is 0.861. The molecule has 0 rings (SSSR count). The molecule has 1 heteroatoms. The van der Waals surface area contributed by atoms with Crippen LogP contribution in [0.25, 0.3) is 0 Å². The van der Waals surface area contributed by atoms with Crippen LogP contribution in [-0.2, 0) is 0 Å². The molecule has 0 aliphatic rings. The molecule has 0 heterocycles. The molecule has 1 atom stereocenters. The number of nitrogens with two attached hydrogens (primary N) is 1. The van der Waals surface area contributed by atoms with E-state index in [9.17, 15) is 0 Å². The van der Waals surface area contributed by atoms with Gasteiger partial charge in [-0.05, 0) is 25.3 Å². The SMILES string of the molecule is CCCC(CC)CCCN. The Morgan fingerprint density at radius 1 is 1.20 bits per heavy atom. The maximum Gasteiger partial charge on any atom is -0.00772 e. The second-order valence-corrected chi connectivity index (χ2v) is 2.99. The molecule has 0 aromatic carbocycles. The van der Waals surface area contributed by atoms with Gasteiger partial charge in [-0.1, -0.05) is 33.1 Å². The van der Waals surface area contributed by atoms with E-state index in [1.165, 1.54) is 32.1 Å². The number of hydrogen-bond acceptors (Lipinski definition) is 1. The van der Waals surface area contributed by atoms with Crippen molar-refractivity contribution in [3.63, 3.8) is 0 Å². The zero-order chi connectivity index (χ0) is 7.82. The Kier molecular flexibility index (Phi) is 7.04. The van der Waals surface area contributed by atoms with Crippen molar-refractivity contribution in [2.45, 2.75) is 46.0 Å². The highest BCUT2D eigenvalue weighted by Crippen LogP contribution is 2.16. The van der Waals surface area contributed by atoms with E-state index in [0.717, 1.165) is 12.5 Å². The van der Waals surface area contributed by atoms with Crippen LogP contribution >= 0.6 is 0 Å². The molecule has 0 aliphatic carbocycles. The molecule has 2 N–H and O–H groups in total. The Bertz CT molecular complexity index is 61.7. The smallest absolute Gasteiger partial charge is 0.00772 e. The van der Waals surface area contributed by atoms with Crippen LogP contribution in [0, 0.1) is 5.92 Å². The van der Waals surface area contributed by atoms with Crippen molar-refractivity contribution in [2.24, 2.45) is 11.7 Å². The van der Waals surface area contributed by atoms with Gasteiger partial charge in [-0.3, -0.25) is 0 Å². The molecular formula is C9H21N. The van der Waals surface area contributed by atoms with Crippen molar-refractivity contribution in [1.29, 1.82) is 0 Å². The van der Waals surface area contributed by atoms with Crippen LogP contribution in [0.15, 0.2) is 0 Å². The molecule has 0 spiro atoms. The molecule has 0 bridgehead atoms. The monoisotopic (exact) mass is 143 g/mol. The van der Waals surface area contributed by atoms with Gasteiger partial charge in [0.1, 0.15) is 0 Å². The minimum atomic E-state index is 0.861. The summed E-state index contributed by atoms with van der Waals surface area (Å²) in [6, 6.07) is 0. The molecule has 0 saturated carbocycles. The van der Waals surface area contributed by atoms with Crippen molar-refractivity contribution in [1.82, 2.24) is 0 Å². The summed E-state index contributed by atoms with van der Waals surface area (Å²) in [4.78, 5) is 0. The normalized spacial score (nSPS) is 13.5. The van der Waals surface area contributed by atoms with E-state index < -0.39 is 0 Å². The largest absolute Gasteiger partial charge is 0.330 e. The molecule has 0 aromatic heterocycles. The van der Waals surface area contributed by atoms with E-state index in [1.807, 2.05) is 0 Å². The average Bonchev–Trinajstić information content (AvgIpc) is 1.98. The van der Waals surface area contributed by atoms with E-state index in [-0.39, 0.29) is 0 Å². The maximum absolute atomic E-state index is 5.43. The van der Waals surface area contributed by atoms with E-state index >= 15 is 0 Å². The van der Waals surface area contributed by atoms with Gasteiger partial charge in [-0.2, -0.15) is 0 Å². The molecule has 0 fully saturated rings. The number of hydrogen-bond donors (Lipinski definition) is 1. The van der Waals surface area contributed by atoms with Gasteiger partial charge in [-0.15, -0.1) is 0 Å². The summed E-state index contributed by atoms with van der Waals surface area (Å²) < 4.78 is 0. The summed E-state index contributed by atoms with van der Waals surface area (Å²) >= 11 is 0. The fourth-order valence-electron chi connectivity index (χ4n) is 1.37. The van der Waals surface area contributed by atoms with Crippen LogP contribution in [0.4, 0.5) is 0 Å². The molecule has 62 valence electrons. The van der Waals surface area contributed by atoms with E-state index in [1.54, 1.807) is 0 Å². The lowest BCUT2D eigenvalue weighted by molar-refractivity contribution is 0.422. The third-order valence-electron chi connectivity index (χ3n) is 2.09. The first-order valence-corrected chi connectivity index (χ1v) is 4.55. The minimum Gasteiger partial charge on any atom is -0.330 e. The molecule has 1 unspecified atom stereocenters. The van der Waals surface area contributed by atoms with Gasteiger partial charge in [0.25, 0.3) is 0 Å². The van der Waals surface area contributed by atoms with E-state index in [2.05, 4.69) is 13.8 Å². The summed E-state index contributed by atoms with van der Waals surface area (Å²) in [5.74, 6) is 0.938. The lowest BCUT2D eigenvalue weighted by Gasteiger charge is -2.11. The van der Waals surface area contributed by atoms with Crippen molar-refractivity contribution in [3.8, 4) is 0 Å². The van der Waals surface area contributed by atoms with Gasteiger partial charge in [0.15, 0.2) is 0 Å². The standard InChI is InChI=1S/C9H21N/c1-3-6-9(4-2)7-5-8-10/h9H,3-8,10H2,1-2H3. The summed E-state index contributed by atoms with van der Waals surface area (Å²) in [5, 5.41) is 0. The Hall–Kier alpha value is -0.0400. The quantitative estimate of drug-likeness (QED) is 0.607. The molecule has 0 amide bonds. The van der Waals surface area contributed by atoms with Crippen LogP contribution in [0.5, 0.6) is 0 Å². The predicted molar refractivity (Wildman–Crippen MR) is 47.0 cm³/mol. The van der Waals surface area contributed by atoms with Crippen LogP contribution in [-0.4, -0.2) is 6.54 Å². The van der Waals surface area contributed by atoms with Crippen molar-refractivity contribution >= 4 is 0 Å². The summed E-state index contributed by atoms with van der Waals surface area (Å²) in [5.41, 5.74) is 5.43. The zero-order valence-corrected chi connectivity index (χ0v) is 7.40. The second kappa shape index (κ2) is 7.07. The highest BCUT2D eigenvalue weighted by atomic mass is 14.5. The molecule has 0 aliphatic heterocycles. The summed E-state index contributed by atoms with van der Waals surface area (Å²) in [6.45, 7) is 5.39. The molecular weight excluding hydrogens is 122 g/mol. The van der Waals surface area contributed by atoms with Crippen LogP contribution in [0.3, 0.4) is 0 Å². The molecule has 0 aromatic rings. The van der Waals surface area contributed by atoms with Gasteiger partial charge in [0.05, 0.1) is 0 Å². The Morgan fingerprint density at radius 3 is 2.30 bits per heavy atom. The van der Waals surface area contributed by atoms with Gasteiger partial charge in [-0.25, -0.2) is 0 Å². The lowest BCUT2D eigenvalue weighted by atomic mass is 9.95. The van der Waals surface area contributed by atoms with Gasteiger partial charge in [0.2, 0.25) is 0 Å². The van der Waals surface area contributed by atoms with Crippen molar-refractivity contribution in [3.05, 3.63) is 0 Å². The molecule has 10 heavy (non-hydrogen) atoms. The van der Waals surface area contributed by atoms with Gasteiger partial charge < -0.3 is 5.73 Å². The molecule has 0 saturated heterocycles. The van der Waals surface area contributed by atoms with E-state index in [0.29, 0.717) is 0 Å². The molecule has 1 nitrogen and oxygen atoms in total. The topological polar surface area (TPSA) is 26.0 Å². The highest BCUT2D eigenvalue weighted by Gasteiger charge is 2.02. The summed E-state index contributed by atoms with van der Waals surface area (Å²) in [7, 11) is 0. The van der Waals surface area contributed by atoms with Crippen LogP contribution < -0.4 is 5.73 Å². The van der Waals surface area contributed by atoms with Crippen LogP contribution in [0.1, 0.15) is 46.0 Å². The highest BCUT2D eigenvalue weighted by molar-refractivity contribution is 4.56. The van der Waals surface area contributed by atoms with E-state index in [4.69, 9.17) is 5.73 Å².